The van der Waals surface area contributed by atoms with Gasteiger partial charge in [-0.2, -0.15) is 4.31 Å². The molecule has 0 bridgehead atoms. The SMILES string of the molecule is CC(C)c1ccc(-c2csc(NC(=O)C3CCCN(S(=O)(=O)c4ccc(Cl)cc4)C3)n2)cc1. The quantitative estimate of drug-likeness (QED) is 0.473. The largest absolute Gasteiger partial charge is 0.302 e. The van der Waals surface area contributed by atoms with E-state index in [4.69, 9.17) is 11.6 Å². The number of anilines is 1. The van der Waals surface area contributed by atoms with E-state index in [-0.39, 0.29) is 17.3 Å². The third-order valence-corrected chi connectivity index (χ3v) is 8.70. The number of nitrogens with one attached hydrogen (secondary N) is 1. The molecule has 6 nitrogen and oxygen atoms in total. The van der Waals surface area contributed by atoms with E-state index in [1.807, 2.05) is 17.5 Å². The molecule has 33 heavy (non-hydrogen) atoms. The van der Waals surface area contributed by atoms with Gasteiger partial charge in [-0.1, -0.05) is 49.7 Å². The summed E-state index contributed by atoms with van der Waals surface area (Å²) < 4.78 is 27.4. The Morgan fingerprint density at radius 2 is 1.85 bits per heavy atom. The zero-order valence-electron chi connectivity index (χ0n) is 18.5. The zero-order chi connectivity index (χ0) is 23.6. The number of benzene rings is 2. The fraction of sp³-hybridized carbons (Fsp3) is 0.333. The maximum absolute atomic E-state index is 13.0. The number of aromatic nitrogens is 1. The van der Waals surface area contributed by atoms with Gasteiger partial charge >= 0.3 is 0 Å². The van der Waals surface area contributed by atoms with Crippen LogP contribution in [-0.4, -0.2) is 36.7 Å². The van der Waals surface area contributed by atoms with Gasteiger partial charge in [-0.25, -0.2) is 13.4 Å². The third-order valence-electron chi connectivity index (χ3n) is 5.81. The summed E-state index contributed by atoms with van der Waals surface area (Å²) in [6.07, 6.45) is 1.25. The number of hydrogen-bond acceptors (Lipinski definition) is 5. The highest BCUT2D eigenvalue weighted by Gasteiger charge is 2.33. The predicted octanol–water partition coefficient (Wildman–Crippen LogP) is 5.63. The lowest BCUT2D eigenvalue weighted by Gasteiger charge is -2.31. The molecule has 1 atom stereocenters. The van der Waals surface area contributed by atoms with Gasteiger partial charge in [0.1, 0.15) is 0 Å². The van der Waals surface area contributed by atoms with E-state index in [1.165, 1.54) is 33.3 Å². The molecule has 1 unspecified atom stereocenters. The summed E-state index contributed by atoms with van der Waals surface area (Å²) in [6, 6.07) is 14.4. The van der Waals surface area contributed by atoms with E-state index < -0.39 is 15.9 Å². The van der Waals surface area contributed by atoms with E-state index in [0.29, 0.717) is 35.5 Å². The molecular weight excluding hydrogens is 478 g/mol. The number of carbonyl (C=O) groups is 1. The molecular formula is C24H26ClN3O3S2. The Kier molecular flexibility index (Phi) is 7.19. The number of rotatable bonds is 6. The predicted molar refractivity (Wildman–Crippen MR) is 133 cm³/mol. The van der Waals surface area contributed by atoms with Crippen molar-refractivity contribution in [1.29, 1.82) is 0 Å². The van der Waals surface area contributed by atoms with Crippen LogP contribution in [0.4, 0.5) is 5.13 Å². The molecule has 0 aliphatic carbocycles. The Hall–Kier alpha value is -2.26. The van der Waals surface area contributed by atoms with Crippen molar-refractivity contribution in [1.82, 2.24) is 9.29 Å². The fourth-order valence-electron chi connectivity index (χ4n) is 3.84. The number of sulfonamides is 1. The lowest BCUT2D eigenvalue weighted by Crippen LogP contribution is -2.43. The summed E-state index contributed by atoms with van der Waals surface area (Å²) in [5.41, 5.74) is 3.06. The Bertz CT molecular complexity index is 1220. The van der Waals surface area contributed by atoms with Crippen molar-refractivity contribution in [3.8, 4) is 11.3 Å². The molecule has 0 spiro atoms. The highest BCUT2D eigenvalue weighted by atomic mass is 35.5. The minimum absolute atomic E-state index is 0.145. The summed E-state index contributed by atoms with van der Waals surface area (Å²) in [4.78, 5) is 17.6. The minimum atomic E-state index is -3.68. The first-order chi connectivity index (χ1) is 15.7. The molecule has 1 aliphatic rings. The molecule has 2 aromatic carbocycles. The second-order valence-corrected chi connectivity index (χ2v) is 11.7. The van der Waals surface area contributed by atoms with Gasteiger partial charge in [0, 0.05) is 29.1 Å². The van der Waals surface area contributed by atoms with Crippen molar-refractivity contribution in [3.05, 3.63) is 64.5 Å². The van der Waals surface area contributed by atoms with Crippen LogP contribution in [0, 0.1) is 5.92 Å². The lowest BCUT2D eigenvalue weighted by molar-refractivity contribution is -0.120. The smallest absolute Gasteiger partial charge is 0.243 e. The van der Waals surface area contributed by atoms with Crippen LogP contribution in [0.25, 0.3) is 11.3 Å². The van der Waals surface area contributed by atoms with Crippen LogP contribution >= 0.6 is 22.9 Å². The Morgan fingerprint density at radius 1 is 1.15 bits per heavy atom. The molecule has 3 aromatic rings. The number of halogens is 1. The molecule has 174 valence electrons. The van der Waals surface area contributed by atoms with Gasteiger partial charge < -0.3 is 5.32 Å². The summed E-state index contributed by atoms with van der Waals surface area (Å²) in [5, 5.41) is 5.78. The molecule has 0 radical (unpaired) electrons. The number of carbonyl (C=O) groups excluding carboxylic acids is 1. The standard InChI is InChI=1S/C24H26ClN3O3S2/c1-16(2)17-5-7-18(8-6-17)22-15-32-24(26-22)27-23(29)19-4-3-13-28(14-19)33(30,31)21-11-9-20(25)10-12-21/h5-12,15-16,19H,3-4,13-14H2,1-2H3,(H,26,27,29). The third kappa shape index (κ3) is 5.46. The van der Waals surface area contributed by atoms with Crippen molar-refractivity contribution in [2.45, 2.75) is 37.5 Å². The monoisotopic (exact) mass is 503 g/mol. The molecule has 1 fully saturated rings. The molecule has 1 amide bonds. The summed E-state index contributed by atoms with van der Waals surface area (Å²) >= 11 is 7.25. The van der Waals surface area contributed by atoms with Crippen LogP contribution < -0.4 is 5.32 Å². The van der Waals surface area contributed by atoms with Crippen molar-refractivity contribution in [2.75, 3.05) is 18.4 Å². The Balaban J connectivity index is 1.42. The van der Waals surface area contributed by atoms with Crippen LogP contribution in [0.15, 0.2) is 58.8 Å². The fourth-order valence-corrected chi connectivity index (χ4v) is 6.21. The van der Waals surface area contributed by atoms with Crippen molar-refractivity contribution < 1.29 is 13.2 Å². The summed E-state index contributed by atoms with van der Waals surface area (Å²) in [6.45, 7) is 4.84. The van der Waals surface area contributed by atoms with Gasteiger partial charge in [-0.15, -0.1) is 11.3 Å². The van der Waals surface area contributed by atoms with Crippen LogP contribution in [0.3, 0.4) is 0 Å². The van der Waals surface area contributed by atoms with Gasteiger partial charge in [0.2, 0.25) is 15.9 Å². The zero-order valence-corrected chi connectivity index (χ0v) is 20.9. The molecule has 1 aliphatic heterocycles. The van der Waals surface area contributed by atoms with E-state index in [9.17, 15) is 13.2 Å². The van der Waals surface area contributed by atoms with Gasteiger partial charge in [0.25, 0.3) is 0 Å². The van der Waals surface area contributed by atoms with Gasteiger partial charge in [-0.3, -0.25) is 4.79 Å². The average molecular weight is 504 g/mol. The van der Waals surface area contributed by atoms with Crippen molar-refractivity contribution in [2.24, 2.45) is 5.92 Å². The second-order valence-electron chi connectivity index (χ2n) is 8.46. The average Bonchev–Trinajstić information content (AvgIpc) is 3.28. The number of piperidine rings is 1. The van der Waals surface area contributed by atoms with E-state index in [2.05, 4.69) is 36.3 Å². The maximum Gasteiger partial charge on any atom is 0.243 e. The van der Waals surface area contributed by atoms with E-state index >= 15 is 0 Å². The first-order valence-electron chi connectivity index (χ1n) is 10.9. The number of thiazole rings is 1. The van der Waals surface area contributed by atoms with Crippen molar-refractivity contribution in [3.63, 3.8) is 0 Å². The highest BCUT2D eigenvalue weighted by Crippen LogP contribution is 2.29. The van der Waals surface area contributed by atoms with Crippen LogP contribution in [-0.2, 0) is 14.8 Å². The van der Waals surface area contributed by atoms with Gasteiger partial charge in [0.15, 0.2) is 5.13 Å². The summed E-state index contributed by atoms with van der Waals surface area (Å²) in [5.74, 6) is -0.177. The van der Waals surface area contributed by atoms with Gasteiger partial charge in [0.05, 0.1) is 16.5 Å². The molecule has 1 N–H and O–H groups in total. The minimum Gasteiger partial charge on any atom is -0.302 e. The van der Waals surface area contributed by atoms with E-state index in [0.717, 1.165) is 11.3 Å². The van der Waals surface area contributed by atoms with Gasteiger partial charge in [-0.05, 0) is 48.6 Å². The molecule has 9 heteroatoms. The van der Waals surface area contributed by atoms with E-state index in [1.54, 1.807) is 12.1 Å². The molecule has 4 rings (SSSR count). The molecule has 1 aromatic heterocycles. The Labute approximate surface area is 203 Å². The summed E-state index contributed by atoms with van der Waals surface area (Å²) in [7, 11) is -3.68. The number of amides is 1. The van der Waals surface area contributed by atoms with Crippen LogP contribution in [0.2, 0.25) is 5.02 Å². The highest BCUT2D eigenvalue weighted by molar-refractivity contribution is 7.89. The van der Waals surface area contributed by atoms with Crippen LogP contribution in [0.5, 0.6) is 0 Å². The molecule has 1 saturated heterocycles. The topological polar surface area (TPSA) is 79.4 Å². The Morgan fingerprint density at radius 3 is 2.52 bits per heavy atom. The maximum atomic E-state index is 13.0. The van der Waals surface area contributed by atoms with Crippen LogP contribution in [0.1, 0.15) is 38.2 Å². The van der Waals surface area contributed by atoms with Crippen molar-refractivity contribution >= 4 is 44.0 Å². The molecule has 2 heterocycles. The lowest BCUT2D eigenvalue weighted by atomic mass is 9.99. The first kappa shape index (κ1) is 23.9. The first-order valence-corrected chi connectivity index (χ1v) is 13.6. The number of hydrogen-bond donors (Lipinski definition) is 1. The molecule has 0 saturated carbocycles. The second kappa shape index (κ2) is 9.93. The number of nitrogens with zero attached hydrogens (tertiary/aromatic N) is 2. The normalized spacial score (nSPS) is 17.3.